The van der Waals surface area contributed by atoms with Crippen LogP contribution >= 0.6 is 22.7 Å². The Balaban J connectivity index is 1.57. The van der Waals surface area contributed by atoms with E-state index in [0.717, 1.165) is 41.7 Å². The first-order valence-electron chi connectivity index (χ1n) is 7.64. The van der Waals surface area contributed by atoms with Gasteiger partial charge in [0.25, 0.3) is 5.91 Å². The van der Waals surface area contributed by atoms with Crippen molar-refractivity contribution in [3.8, 4) is 0 Å². The van der Waals surface area contributed by atoms with Crippen LogP contribution < -0.4 is 5.32 Å². The molecule has 1 aliphatic rings. The minimum absolute atomic E-state index is 0.0554. The van der Waals surface area contributed by atoms with Gasteiger partial charge in [0.05, 0.1) is 10.6 Å². The number of carbonyl (C=O) groups excluding carboxylic acids is 1. The van der Waals surface area contributed by atoms with Crippen LogP contribution in [0.15, 0.2) is 16.8 Å². The van der Waals surface area contributed by atoms with Crippen molar-refractivity contribution in [2.45, 2.75) is 33.2 Å². The molecule has 1 saturated heterocycles. The molecule has 118 valence electrons. The van der Waals surface area contributed by atoms with E-state index in [1.807, 2.05) is 18.4 Å². The van der Waals surface area contributed by atoms with Crippen LogP contribution in [-0.2, 0) is 6.54 Å². The van der Waals surface area contributed by atoms with E-state index in [9.17, 15) is 4.79 Å². The zero-order chi connectivity index (χ0) is 15.5. The molecule has 0 bridgehead atoms. The standard InChI is InChI=1S/C16H21N3OS2/c1-11-3-6-19(7-4-11)9-13-10-22-16(17-13)18-15(20)14-12(2)5-8-21-14/h5,8,10-11H,3-4,6-7,9H2,1-2H3,(H,17,18,20). The fourth-order valence-electron chi connectivity index (χ4n) is 2.65. The summed E-state index contributed by atoms with van der Waals surface area (Å²) in [6.45, 7) is 7.46. The highest BCUT2D eigenvalue weighted by molar-refractivity contribution is 7.14. The lowest BCUT2D eigenvalue weighted by Crippen LogP contribution is -2.32. The lowest BCUT2D eigenvalue weighted by molar-refractivity contribution is 0.103. The summed E-state index contributed by atoms with van der Waals surface area (Å²) in [6, 6.07) is 1.96. The van der Waals surface area contributed by atoms with Crippen molar-refractivity contribution >= 4 is 33.7 Å². The van der Waals surface area contributed by atoms with Crippen molar-refractivity contribution < 1.29 is 4.79 Å². The molecule has 4 nitrogen and oxygen atoms in total. The van der Waals surface area contributed by atoms with E-state index < -0.39 is 0 Å². The topological polar surface area (TPSA) is 45.2 Å². The molecule has 0 aliphatic carbocycles. The average molecular weight is 335 g/mol. The monoisotopic (exact) mass is 335 g/mol. The minimum atomic E-state index is -0.0554. The van der Waals surface area contributed by atoms with Gasteiger partial charge in [-0.1, -0.05) is 6.92 Å². The highest BCUT2D eigenvalue weighted by Gasteiger charge is 2.17. The summed E-state index contributed by atoms with van der Waals surface area (Å²) in [5.74, 6) is 0.788. The Labute approximate surface area is 139 Å². The van der Waals surface area contributed by atoms with Gasteiger partial charge in [0.2, 0.25) is 0 Å². The van der Waals surface area contributed by atoms with Crippen molar-refractivity contribution in [2.75, 3.05) is 18.4 Å². The van der Waals surface area contributed by atoms with Gasteiger partial charge in [-0.3, -0.25) is 15.0 Å². The fraction of sp³-hybridized carbons (Fsp3) is 0.500. The number of hydrogen-bond acceptors (Lipinski definition) is 5. The van der Waals surface area contributed by atoms with Gasteiger partial charge in [0, 0.05) is 11.9 Å². The van der Waals surface area contributed by atoms with E-state index in [4.69, 9.17) is 0 Å². The zero-order valence-corrected chi connectivity index (χ0v) is 14.6. The molecule has 0 unspecified atom stereocenters. The minimum Gasteiger partial charge on any atom is -0.297 e. The van der Waals surface area contributed by atoms with Gasteiger partial charge in [-0.05, 0) is 55.8 Å². The molecule has 0 radical (unpaired) electrons. The number of amides is 1. The van der Waals surface area contributed by atoms with E-state index >= 15 is 0 Å². The molecule has 3 rings (SSSR count). The van der Waals surface area contributed by atoms with E-state index in [1.165, 1.54) is 35.5 Å². The number of rotatable bonds is 4. The maximum atomic E-state index is 12.2. The van der Waals surface area contributed by atoms with E-state index in [0.29, 0.717) is 5.13 Å². The number of hydrogen-bond donors (Lipinski definition) is 1. The smallest absolute Gasteiger partial charge is 0.267 e. The highest BCUT2D eigenvalue weighted by atomic mass is 32.1. The van der Waals surface area contributed by atoms with Crippen LogP contribution in [-0.4, -0.2) is 28.9 Å². The number of likely N-dealkylation sites (tertiary alicyclic amines) is 1. The number of aryl methyl sites for hydroxylation is 1. The normalized spacial score (nSPS) is 16.8. The molecule has 2 aromatic rings. The lowest BCUT2D eigenvalue weighted by atomic mass is 9.99. The molecule has 6 heteroatoms. The van der Waals surface area contributed by atoms with Gasteiger partial charge in [0.15, 0.2) is 5.13 Å². The summed E-state index contributed by atoms with van der Waals surface area (Å²) in [5.41, 5.74) is 2.07. The Morgan fingerprint density at radius 3 is 2.86 bits per heavy atom. The SMILES string of the molecule is Cc1ccsc1C(=O)Nc1nc(CN2CCC(C)CC2)cs1. The molecule has 0 atom stereocenters. The van der Waals surface area contributed by atoms with Crippen molar-refractivity contribution in [1.29, 1.82) is 0 Å². The van der Waals surface area contributed by atoms with E-state index in [1.54, 1.807) is 0 Å². The van der Waals surface area contributed by atoms with Crippen LogP contribution in [0.1, 0.15) is 40.7 Å². The maximum Gasteiger partial charge on any atom is 0.267 e. The first kappa shape index (κ1) is 15.6. The molecule has 0 spiro atoms. The van der Waals surface area contributed by atoms with Gasteiger partial charge in [0.1, 0.15) is 0 Å². The number of piperidine rings is 1. The molecule has 0 aromatic carbocycles. The predicted octanol–water partition coefficient (Wildman–Crippen LogP) is 4.00. The number of anilines is 1. The maximum absolute atomic E-state index is 12.2. The first-order chi connectivity index (χ1) is 10.6. The highest BCUT2D eigenvalue weighted by Crippen LogP contribution is 2.22. The summed E-state index contributed by atoms with van der Waals surface area (Å²) < 4.78 is 0. The Morgan fingerprint density at radius 2 is 2.18 bits per heavy atom. The van der Waals surface area contributed by atoms with Crippen LogP contribution in [0, 0.1) is 12.8 Å². The molecule has 1 N–H and O–H groups in total. The second-order valence-electron chi connectivity index (χ2n) is 5.99. The predicted molar refractivity (Wildman–Crippen MR) is 92.8 cm³/mol. The lowest BCUT2D eigenvalue weighted by Gasteiger charge is -2.29. The van der Waals surface area contributed by atoms with E-state index in [2.05, 4.69) is 27.5 Å². The molecule has 1 aliphatic heterocycles. The third-order valence-corrected chi connectivity index (χ3v) is 5.92. The fourth-order valence-corrected chi connectivity index (χ4v) is 4.16. The third kappa shape index (κ3) is 3.74. The number of aromatic nitrogens is 1. The quantitative estimate of drug-likeness (QED) is 0.918. The summed E-state index contributed by atoms with van der Waals surface area (Å²) in [7, 11) is 0. The van der Waals surface area contributed by atoms with E-state index in [-0.39, 0.29) is 5.91 Å². The zero-order valence-electron chi connectivity index (χ0n) is 13.0. The van der Waals surface area contributed by atoms with Crippen molar-refractivity contribution in [3.05, 3.63) is 33.0 Å². The number of thiophene rings is 1. The van der Waals surface area contributed by atoms with Crippen molar-refractivity contribution in [3.63, 3.8) is 0 Å². The third-order valence-electron chi connectivity index (χ3n) is 4.10. The largest absolute Gasteiger partial charge is 0.297 e. The van der Waals surface area contributed by atoms with Crippen LogP contribution in [0.5, 0.6) is 0 Å². The molecular weight excluding hydrogens is 314 g/mol. The summed E-state index contributed by atoms with van der Waals surface area (Å²) >= 11 is 2.97. The van der Waals surface area contributed by atoms with Crippen molar-refractivity contribution in [2.24, 2.45) is 5.92 Å². The van der Waals surface area contributed by atoms with Gasteiger partial charge in [-0.15, -0.1) is 22.7 Å². The van der Waals surface area contributed by atoms with Gasteiger partial charge in [-0.25, -0.2) is 4.98 Å². The average Bonchev–Trinajstić information content (AvgIpc) is 3.10. The second-order valence-corrected chi connectivity index (χ2v) is 7.76. The van der Waals surface area contributed by atoms with Crippen molar-refractivity contribution in [1.82, 2.24) is 9.88 Å². The molecule has 0 saturated carbocycles. The molecule has 1 amide bonds. The number of nitrogens with zero attached hydrogens (tertiary/aromatic N) is 2. The first-order valence-corrected chi connectivity index (χ1v) is 9.40. The number of nitrogens with one attached hydrogen (secondary N) is 1. The molecule has 2 aromatic heterocycles. The van der Waals surface area contributed by atoms with Gasteiger partial charge < -0.3 is 0 Å². The summed E-state index contributed by atoms with van der Waals surface area (Å²) in [6.07, 6.45) is 2.54. The Kier molecular flexibility index (Phi) is 4.90. The van der Waals surface area contributed by atoms with Crippen LogP contribution in [0.25, 0.3) is 0 Å². The molecular formula is C16H21N3OS2. The number of thiazole rings is 1. The Bertz CT molecular complexity index is 641. The van der Waals surface area contributed by atoms with Crippen LogP contribution in [0.4, 0.5) is 5.13 Å². The van der Waals surface area contributed by atoms with Crippen LogP contribution in [0.3, 0.4) is 0 Å². The summed E-state index contributed by atoms with van der Waals surface area (Å²) in [4.78, 5) is 20.0. The Morgan fingerprint density at radius 1 is 1.41 bits per heavy atom. The molecule has 1 fully saturated rings. The van der Waals surface area contributed by atoms with Gasteiger partial charge in [-0.2, -0.15) is 0 Å². The second kappa shape index (κ2) is 6.89. The van der Waals surface area contributed by atoms with Crippen LogP contribution in [0.2, 0.25) is 0 Å². The Hall–Kier alpha value is -1.24. The summed E-state index contributed by atoms with van der Waals surface area (Å²) in [5, 5.41) is 7.59. The molecule has 3 heterocycles. The number of carbonyl (C=O) groups is 1. The molecule has 22 heavy (non-hydrogen) atoms. The van der Waals surface area contributed by atoms with Gasteiger partial charge >= 0.3 is 0 Å².